The first kappa shape index (κ1) is 26.9. The molecule has 1 saturated carbocycles. The van der Waals surface area contributed by atoms with Crippen LogP contribution < -0.4 is 15.4 Å². The average molecular weight is 513 g/mol. The highest BCUT2D eigenvalue weighted by Crippen LogP contribution is 2.32. The lowest BCUT2D eigenvalue weighted by atomic mass is 10.0. The highest BCUT2D eigenvalue weighted by atomic mass is 19.1. The summed E-state index contributed by atoms with van der Waals surface area (Å²) in [6.45, 7) is 7.03. The SMILES string of the molecule is CO[C@@H]1CN(C)C(=O)c2ccc(NC(=O)Nc3ccccc3F)cc2OC[C@H](C)N(CC2CC2)C[C@@H]1C. The molecule has 2 aromatic carbocycles. The second-order valence-corrected chi connectivity index (χ2v) is 10.3. The summed E-state index contributed by atoms with van der Waals surface area (Å²) in [5.41, 5.74) is 0.915. The highest BCUT2D eigenvalue weighted by molar-refractivity contribution is 6.01. The Morgan fingerprint density at radius 1 is 1.14 bits per heavy atom. The van der Waals surface area contributed by atoms with Crippen LogP contribution in [0.4, 0.5) is 20.6 Å². The van der Waals surface area contributed by atoms with Crippen LogP contribution in [0, 0.1) is 17.7 Å². The van der Waals surface area contributed by atoms with Gasteiger partial charge in [0.15, 0.2) is 0 Å². The molecule has 9 heteroatoms. The summed E-state index contributed by atoms with van der Waals surface area (Å²) in [6, 6.07) is 10.4. The number of hydrogen-bond acceptors (Lipinski definition) is 5. The molecule has 8 nitrogen and oxygen atoms in total. The van der Waals surface area contributed by atoms with E-state index in [1.54, 1.807) is 49.4 Å². The van der Waals surface area contributed by atoms with Crippen LogP contribution in [-0.4, -0.2) is 74.3 Å². The van der Waals surface area contributed by atoms with Gasteiger partial charge in [-0.1, -0.05) is 19.1 Å². The van der Waals surface area contributed by atoms with Crippen LogP contribution >= 0.6 is 0 Å². The van der Waals surface area contributed by atoms with Gasteiger partial charge in [-0.3, -0.25) is 9.69 Å². The molecule has 1 aliphatic carbocycles. The molecule has 2 N–H and O–H groups in total. The van der Waals surface area contributed by atoms with Crippen molar-refractivity contribution in [2.75, 3.05) is 51.0 Å². The second kappa shape index (κ2) is 11.9. The van der Waals surface area contributed by atoms with Crippen LogP contribution in [0.1, 0.15) is 37.0 Å². The number of amides is 3. The van der Waals surface area contributed by atoms with Crippen molar-refractivity contribution < 1.29 is 23.5 Å². The lowest BCUT2D eigenvalue weighted by Crippen LogP contribution is -2.47. The van der Waals surface area contributed by atoms with Crippen molar-refractivity contribution in [2.24, 2.45) is 11.8 Å². The molecule has 0 spiro atoms. The number of rotatable bonds is 5. The fourth-order valence-corrected chi connectivity index (χ4v) is 4.66. The summed E-state index contributed by atoms with van der Waals surface area (Å²) in [7, 11) is 3.45. The summed E-state index contributed by atoms with van der Waals surface area (Å²) < 4.78 is 25.9. The summed E-state index contributed by atoms with van der Waals surface area (Å²) in [5, 5.41) is 5.21. The Morgan fingerprint density at radius 3 is 2.59 bits per heavy atom. The Morgan fingerprint density at radius 2 is 1.89 bits per heavy atom. The topological polar surface area (TPSA) is 83.1 Å². The van der Waals surface area contributed by atoms with Gasteiger partial charge >= 0.3 is 6.03 Å². The predicted molar refractivity (Wildman–Crippen MR) is 142 cm³/mol. The minimum atomic E-state index is -0.595. The Kier molecular flexibility index (Phi) is 8.66. The number of carbonyl (C=O) groups is 2. The molecule has 2 aromatic rings. The Labute approximate surface area is 218 Å². The molecule has 3 amide bonds. The number of methoxy groups -OCH3 is 1. The van der Waals surface area contributed by atoms with E-state index in [-0.39, 0.29) is 29.7 Å². The Hall–Kier alpha value is -3.17. The van der Waals surface area contributed by atoms with Gasteiger partial charge in [-0.2, -0.15) is 0 Å². The normalized spacial score (nSPS) is 23.3. The van der Waals surface area contributed by atoms with Crippen molar-refractivity contribution >= 4 is 23.3 Å². The number of ether oxygens (including phenoxy) is 2. The van der Waals surface area contributed by atoms with Crippen molar-refractivity contribution in [3.8, 4) is 5.75 Å². The molecule has 1 heterocycles. The third-order valence-corrected chi connectivity index (χ3v) is 7.15. The van der Waals surface area contributed by atoms with E-state index in [1.165, 1.54) is 25.0 Å². The largest absolute Gasteiger partial charge is 0.491 e. The molecule has 4 rings (SSSR count). The molecule has 0 radical (unpaired) electrons. The van der Waals surface area contributed by atoms with E-state index < -0.39 is 11.8 Å². The summed E-state index contributed by atoms with van der Waals surface area (Å²) in [6.07, 6.45) is 2.42. The predicted octanol–water partition coefficient (Wildman–Crippen LogP) is 4.69. The van der Waals surface area contributed by atoms with E-state index in [4.69, 9.17) is 9.47 Å². The number of anilines is 2. The number of carbonyl (C=O) groups excluding carboxylic acids is 2. The van der Waals surface area contributed by atoms with E-state index in [9.17, 15) is 14.0 Å². The van der Waals surface area contributed by atoms with E-state index in [0.29, 0.717) is 30.2 Å². The maximum absolute atomic E-state index is 13.9. The molecule has 0 saturated heterocycles. The van der Waals surface area contributed by atoms with E-state index >= 15 is 0 Å². The fourth-order valence-electron chi connectivity index (χ4n) is 4.66. The van der Waals surface area contributed by atoms with Crippen molar-refractivity contribution in [1.29, 1.82) is 0 Å². The number of halogens is 1. The van der Waals surface area contributed by atoms with Crippen molar-refractivity contribution in [3.05, 3.63) is 53.8 Å². The van der Waals surface area contributed by atoms with E-state index in [2.05, 4.69) is 29.4 Å². The summed E-state index contributed by atoms with van der Waals surface area (Å²) in [4.78, 5) is 30.0. The maximum Gasteiger partial charge on any atom is 0.323 e. The smallest absolute Gasteiger partial charge is 0.323 e. The van der Waals surface area contributed by atoms with Crippen LogP contribution in [0.25, 0.3) is 0 Å². The number of fused-ring (bicyclic) bond motifs is 1. The van der Waals surface area contributed by atoms with Crippen LogP contribution in [-0.2, 0) is 4.74 Å². The first-order chi connectivity index (χ1) is 17.7. The molecule has 200 valence electrons. The van der Waals surface area contributed by atoms with Gasteiger partial charge in [-0.05, 0) is 55.9 Å². The third-order valence-electron chi connectivity index (χ3n) is 7.15. The molecule has 37 heavy (non-hydrogen) atoms. The maximum atomic E-state index is 13.9. The van der Waals surface area contributed by atoms with E-state index in [0.717, 1.165) is 19.0 Å². The molecule has 0 aromatic heterocycles. The second-order valence-electron chi connectivity index (χ2n) is 10.3. The zero-order valence-corrected chi connectivity index (χ0v) is 22.0. The van der Waals surface area contributed by atoms with Gasteiger partial charge in [0.1, 0.15) is 18.2 Å². The van der Waals surface area contributed by atoms with Crippen molar-refractivity contribution in [1.82, 2.24) is 9.80 Å². The monoisotopic (exact) mass is 512 g/mol. The van der Waals surface area contributed by atoms with Gasteiger partial charge in [0, 0.05) is 51.6 Å². The van der Waals surface area contributed by atoms with Gasteiger partial charge in [0.2, 0.25) is 0 Å². The van der Waals surface area contributed by atoms with Gasteiger partial charge < -0.3 is 25.0 Å². The lowest BCUT2D eigenvalue weighted by molar-refractivity contribution is 0.00994. The van der Waals surface area contributed by atoms with Crippen LogP contribution in [0.2, 0.25) is 0 Å². The lowest BCUT2D eigenvalue weighted by Gasteiger charge is -2.36. The van der Waals surface area contributed by atoms with E-state index in [1.807, 2.05) is 0 Å². The van der Waals surface area contributed by atoms with Gasteiger partial charge in [-0.25, -0.2) is 9.18 Å². The molecule has 0 unspecified atom stereocenters. The summed E-state index contributed by atoms with van der Waals surface area (Å²) in [5.74, 6) is 0.639. The number of urea groups is 1. The number of nitrogens with one attached hydrogen (secondary N) is 2. The number of benzene rings is 2. The minimum absolute atomic E-state index is 0.0749. The standard InChI is InChI=1S/C28H37FN4O4/c1-18-14-33(15-20-9-10-20)19(2)17-37-25-13-21(30-28(35)31-24-8-6-5-7-23(24)29)11-12-22(25)27(34)32(3)16-26(18)36-4/h5-8,11-13,18-20,26H,9-10,14-17H2,1-4H3,(H2,30,31,35)/t18-,19-,26+/m0/s1. The molecule has 1 fully saturated rings. The molecule has 0 bridgehead atoms. The van der Waals surface area contributed by atoms with Gasteiger partial charge in [-0.15, -0.1) is 0 Å². The zero-order valence-electron chi connectivity index (χ0n) is 22.0. The quantitative estimate of drug-likeness (QED) is 0.608. The summed E-state index contributed by atoms with van der Waals surface area (Å²) >= 11 is 0. The Bertz CT molecular complexity index is 1110. The molecule has 1 aliphatic heterocycles. The van der Waals surface area contributed by atoms with Gasteiger partial charge in [0.05, 0.1) is 17.4 Å². The zero-order chi connectivity index (χ0) is 26.5. The van der Waals surface area contributed by atoms with Crippen molar-refractivity contribution in [3.63, 3.8) is 0 Å². The van der Waals surface area contributed by atoms with Crippen LogP contribution in [0.5, 0.6) is 5.75 Å². The van der Waals surface area contributed by atoms with Crippen molar-refractivity contribution in [2.45, 2.75) is 38.8 Å². The number of para-hydroxylation sites is 1. The molecule has 2 aliphatic rings. The minimum Gasteiger partial charge on any atom is -0.491 e. The average Bonchev–Trinajstić information content (AvgIpc) is 3.70. The van der Waals surface area contributed by atoms with Crippen LogP contribution in [0.3, 0.4) is 0 Å². The number of hydrogen-bond donors (Lipinski definition) is 2. The fraction of sp³-hybridized carbons (Fsp3) is 0.500. The molecular formula is C28H37FN4O4. The number of likely N-dealkylation sites (N-methyl/N-ethyl adjacent to an activating group) is 1. The van der Waals surface area contributed by atoms with Gasteiger partial charge in [0.25, 0.3) is 5.91 Å². The first-order valence-electron chi connectivity index (χ1n) is 12.9. The number of nitrogens with zero attached hydrogens (tertiary/aromatic N) is 2. The molecular weight excluding hydrogens is 475 g/mol. The molecule has 3 atom stereocenters. The first-order valence-corrected chi connectivity index (χ1v) is 12.9. The Balaban J connectivity index is 1.56. The third kappa shape index (κ3) is 6.99. The van der Waals surface area contributed by atoms with Crippen LogP contribution in [0.15, 0.2) is 42.5 Å². The highest BCUT2D eigenvalue weighted by Gasteiger charge is 2.31.